The van der Waals surface area contributed by atoms with Gasteiger partial charge in [-0.05, 0) is 49.2 Å². The van der Waals surface area contributed by atoms with E-state index in [0.29, 0.717) is 11.3 Å². The third-order valence-corrected chi connectivity index (χ3v) is 3.98. The SMILES string of the molecule is [B]C(CN=CC=C(N)c1ccc(C#N)c(C)c1)NC(=O)c1cc(C(C)(O)O)[nH]n1. The Morgan fingerprint density at radius 3 is 2.83 bits per heavy atom. The number of nitrogens with two attached hydrogens (primary N) is 1. The first-order valence-corrected chi connectivity index (χ1v) is 8.65. The van der Waals surface area contributed by atoms with E-state index in [9.17, 15) is 15.0 Å². The van der Waals surface area contributed by atoms with Crippen LogP contribution in [-0.2, 0) is 5.79 Å². The molecule has 0 aliphatic carbocycles. The van der Waals surface area contributed by atoms with Crippen molar-refractivity contribution in [2.24, 2.45) is 10.7 Å². The van der Waals surface area contributed by atoms with Crippen molar-refractivity contribution in [1.82, 2.24) is 15.5 Å². The highest BCUT2D eigenvalue weighted by Gasteiger charge is 2.23. The van der Waals surface area contributed by atoms with Crippen LogP contribution in [0.4, 0.5) is 0 Å². The minimum Gasteiger partial charge on any atom is -0.398 e. The van der Waals surface area contributed by atoms with Crippen molar-refractivity contribution in [2.75, 3.05) is 6.54 Å². The Kier molecular flexibility index (Phi) is 6.93. The molecule has 0 spiro atoms. The Hall–Kier alpha value is -3.42. The minimum absolute atomic E-state index is 0.0205. The largest absolute Gasteiger partial charge is 0.398 e. The van der Waals surface area contributed by atoms with Gasteiger partial charge in [-0.15, -0.1) is 0 Å². The number of aliphatic imine (C=N–C) groups is 1. The van der Waals surface area contributed by atoms with E-state index in [1.165, 1.54) is 12.3 Å². The Bertz CT molecular complexity index is 985. The molecule has 1 atom stereocenters. The Morgan fingerprint density at radius 1 is 1.52 bits per heavy atom. The number of hydrogen-bond acceptors (Lipinski definition) is 7. The predicted molar refractivity (Wildman–Crippen MR) is 109 cm³/mol. The number of hydrogen-bond donors (Lipinski definition) is 5. The number of aromatic amines is 1. The second kappa shape index (κ2) is 9.19. The number of nitrogens with zero attached hydrogens (tertiary/aromatic N) is 3. The van der Waals surface area contributed by atoms with Crippen molar-refractivity contribution in [3.8, 4) is 6.07 Å². The molecule has 1 aromatic carbocycles. The number of rotatable bonds is 7. The van der Waals surface area contributed by atoms with Gasteiger partial charge in [0.25, 0.3) is 5.91 Å². The first-order chi connectivity index (χ1) is 13.6. The van der Waals surface area contributed by atoms with Gasteiger partial charge in [0.15, 0.2) is 0 Å². The molecule has 0 saturated heterocycles. The molecular formula is C19H21BN6O3. The lowest BCUT2D eigenvalue weighted by Crippen LogP contribution is -2.37. The molecule has 1 amide bonds. The number of benzene rings is 1. The summed E-state index contributed by atoms with van der Waals surface area (Å²) in [6.07, 6.45) is 3.07. The van der Waals surface area contributed by atoms with Gasteiger partial charge in [0.1, 0.15) is 13.5 Å². The van der Waals surface area contributed by atoms with Crippen molar-refractivity contribution in [3.05, 3.63) is 58.4 Å². The van der Waals surface area contributed by atoms with Crippen molar-refractivity contribution in [1.29, 1.82) is 5.26 Å². The molecule has 0 aliphatic rings. The highest BCUT2D eigenvalue weighted by Crippen LogP contribution is 2.15. The van der Waals surface area contributed by atoms with E-state index in [2.05, 4.69) is 26.6 Å². The number of aliphatic hydroxyl groups is 2. The van der Waals surface area contributed by atoms with Crippen molar-refractivity contribution < 1.29 is 15.0 Å². The summed E-state index contributed by atoms with van der Waals surface area (Å²) in [6, 6.07) is 8.57. The number of aromatic nitrogens is 2. The second-order valence-electron chi connectivity index (χ2n) is 6.55. The average molecular weight is 392 g/mol. The molecule has 2 rings (SSSR count). The van der Waals surface area contributed by atoms with Gasteiger partial charge in [-0.25, -0.2) is 0 Å². The number of carbonyl (C=O) groups excluding carboxylic acids is 1. The van der Waals surface area contributed by atoms with Gasteiger partial charge in [0.05, 0.1) is 23.9 Å². The number of nitriles is 1. The number of aryl methyl sites for hydroxylation is 1. The summed E-state index contributed by atoms with van der Waals surface area (Å²) in [5.41, 5.74) is 8.59. The zero-order chi connectivity index (χ0) is 21.6. The van der Waals surface area contributed by atoms with Crippen molar-refractivity contribution in [2.45, 2.75) is 25.6 Å². The Labute approximate surface area is 169 Å². The van der Waals surface area contributed by atoms with Crippen LogP contribution in [0.3, 0.4) is 0 Å². The van der Waals surface area contributed by atoms with E-state index >= 15 is 0 Å². The summed E-state index contributed by atoms with van der Waals surface area (Å²) in [6.45, 7) is 3.06. The molecule has 0 saturated carbocycles. The number of H-pyrrole nitrogens is 1. The lowest BCUT2D eigenvalue weighted by Gasteiger charge is -2.12. The van der Waals surface area contributed by atoms with E-state index in [1.807, 2.05) is 13.0 Å². The van der Waals surface area contributed by atoms with Crippen LogP contribution in [0, 0.1) is 18.3 Å². The van der Waals surface area contributed by atoms with E-state index in [4.69, 9.17) is 18.8 Å². The first kappa shape index (κ1) is 21.9. The maximum absolute atomic E-state index is 12.1. The molecule has 2 radical (unpaired) electrons. The van der Waals surface area contributed by atoms with Gasteiger partial charge in [0.2, 0.25) is 5.79 Å². The van der Waals surface area contributed by atoms with E-state index in [1.54, 1.807) is 18.2 Å². The monoisotopic (exact) mass is 392 g/mol. The molecule has 1 unspecified atom stereocenters. The topological polar surface area (TPSA) is 160 Å². The summed E-state index contributed by atoms with van der Waals surface area (Å²) < 4.78 is 0. The van der Waals surface area contributed by atoms with E-state index in [0.717, 1.165) is 18.1 Å². The normalized spacial score (nSPS) is 13.3. The standard InChI is InChI=1S/C19H21BN6O3/c1-11-7-12(3-4-13(11)9-21)14(22)5-6-23-10-17(20)24-18(27)15-8-16(26-25-15)19(2,28)29/h3-8,17,28-29H,10,22H2,1-2H3,(H,24,27)(H,25,26). The molecule has 0 aliphatic heterocycles. The van der Waals surface area contributed by atoms with Gasteiger partial charge in [0, 0.05) is 17.9 Å². The van der Waals surface area contributed by atoms with Gasteiger partial charge >= 0.3 is 0 Å². The van der Waals surface area contributed by atoms with Crippen LogP contribution in [0.15, 0.2) is 35.3 Å². The predicted octanol–water partition coefficient (Wildman–Crippen LogP) is 0.0421. The average Bonchev–Trinajstić information content (AvgIpc) is 3.15. The smallest absolute Gasteiger partial charge is 0.271 e. The fourth-order valence-electron chi connectivity index (χ4n) is 2.34. The van der Waals surface area contributed by atoms with Crippen LogP contribution >= 0.6 is 0 Å². The lowest BCUT2D eigenvalue weighted by atomic mass is 9.96. The molecule has 148 valence electrons. The van der Waals surface area contributed by atoms with Crippen molar-refractivity contribution in [3.63, 3.8) is 0 Å². The zero-order valence-corrected chi connectivity index (χ0v) is 16.0. The number of allylic oxidation sites excluding steroid dienone is 1. The van der Waals surface area contributed by atoms with E-state index in [-0.39, 0.29) is 17.9 Å². The quantitative estimate of drug-likeness (QED) is 0.254. The van der Waals surface area contributed by atoms with Crippen LogP contribution in [0.2, 0.25) is 0 Å². The summed E-state index contributed by atoms with van der Waals surface area (Å²) >= 11 is 0. The highest BCUT2D eigenvalue weighted by molar-refractivity contribution is 6.14. The van der Waals surface area contributed by atoms with Gasteiger partial charge in [-0.3, -0.25) is 14.9 Å². The first-order valence-electron chi connectivity index (χ1n) is 8.65. The minimum atomic E-state index is -2.13. The van der Waals surface area contributed by atoms with Crippen LogP contribution in [0.25, 0.3) is 5.70 Å². The summed E-state index contributed by atoms with van der Waals surface area (Å²) in [4.78, 5) is 16.2. The fourth-order valence-corrected chi connectivity index (χ4v) is 2.34. The summed E-state index contributed by atoms with van der Waals surface area (Å²) in [7, 11) is 5.82. The molecule has 1 aromatic heterocycles. The van der Waals surface area contributed by atoms with Crippen LogP contribution < -0.4 is 11.1 Å². The summed E-state index contributed by atoms with van der Waals surface area (Å²) in [5, 5.41) is 36.5. The molecule has 10 heteroatoms. The molecule has 0 bridgehead atoms. The molecule has 2 aromatic rings. The molecule has 0 fully saturated rings. The number of nitrogens with one attached hydrogen (secondary N) is 2. The van der Waals surface area contributed by atoms with Gasteiger partial charge in [-0.1, -0.05) is 6.07 Å². The third-order valence-electron chi connectivity index (χ3n) is 3.98. The van der Waals surface area contributed by atoms with Crippen LogP contribution in [0.1, 0.15) is 39.8 Å². The summed E-state index contributed by atoms with van der Waals surface area (Å²) in [5.74, 6) is -3.49. The van der Waals surface area contributed by atoms with Crippen LogP contribution in [-0.4, -0.2) is 52.9 Å². The highest BCUT2D eigenvalue weighted by atomic mass is 16.5. The molecule has 9 nitrogen and oxygen atoms in total. The molecular weight excluding hydrogens is 371 g/mol. The Morgan fingerprint density at radius 2 is 2.24 bits per heavy atom. The maximum Gasteiger partial charge on any atom is 0.271 e. The number of carbonyl (C=O) groups is 1. The Balaban J connectivity index is 1.90. The fraction of sp³-hybridized carbons (Fsp3) is 0.263. The zero-order valence-electron chi connectivity index (χ0n) is 16.0. The maximum atomic E-state index is 12.1. The van der Waals surface area contributed by atoms with E-state index < -0.39 is 17.6 Å². The second-order valence-corrected chi connectivity index (χ2v) is 6.55. The van der Waals surface area contributed by atoms with Crippen molar-refractivity contribution >= 4 is 25.7 Å². The lowest BCUT2D eigenvalue weighted by molar-refractivity contribution is -0.155. The molecule has 6 N–H and O–H groups in total. The van der Waals surface area contributed by atoms with Gasteiger partial charge in [-0.2, -0.15) is 10.4 Å². The van der Waals surface area contributed by atoms with Crippen LogP contribution in [0.5, 0.6) is 0 Å². The molecule has 1 heterocycles. The number of amides is 1. The molecule has 29 heavy (non-hydrogen) atoms. The van der Waals surface area contributed by atoms with Gasteiger partial charge < -0.3 is 21.3 Å². The third kappa shape index (κ3) is 6.03.